The molecule has 1 aromatic rings. The van der Waals surface area contributed by atoms with Crippen molar-refractivity contribution >= 4 is 5.91 Å². The van der Waals surface area contributed by atoms with Gasteiger partial charge >= 0.3 is 0 Å². The second-order valence-electron chi connectivity index (χ2n) is 6.66. The lowest BCUT2D eigenvalue weighted by atomic mass is 10.0. The van der Waals surface area contributed by atoms with Crippen LogP contribution in [0.3, 0.4) is 0 Å². The highest BCUT2D eigenvalue weighted by molar-refractivity contribution is 5.80. The van der Waals surface area contributed by atoms with Crippen molar-refractivity contribution < 1.29 is 9.53 Å². The third-order valence-electron chi connectivity index (χ3n) is 3.18. The van der Waals surface area contributed by atoms with Crippen LogP contribution >= 0.6 is 0 Å². The largest absolute Gasteiger partial charge is 0.481 e. The van der Waals surface area contributed by atoms with Gasteiger partial charge in [0.1, 0.15) is 5.75 Å². The Morgan fingerprint density at radius 2 is 1.95 bits per heavy atom. The molecular weight excluding hydrogens is 264 g/mol. The molecule has 0 fully saturated rings. The highest BCUT2D eigenvalue weighted by Gasteiger charge is 2.19. The lowest BCUT2D eigenvalue weighted by Crippen LogP contribution is -2.48. The molecule has 4 heteroatoms. The molecular formula is C17H28N2O2. The normalized spacial score (nSPS) is 13.1. The van der Waals surface area contributed by atoms with Crippen molar-refractivity contribution in [2.45, 2.75) is 59.1 Å². The maximum Gasteiger partial charge on any atom is 0.260 e. The van der Waals surface area contributed by atoms with Crippen LogP contribution in [0.5, 0.6) is 5.75 Å². The molecule has 1 unspecified atom stereocenters. The van der Waals surface area contributed by atoms with Gasteiger partial charge in [0.15, 0.2) is 6.10 Å². The van der Waals surface area contributed by atoms with Crippen molar-refractivity contribution in [1.82, 2.24) is 5.32 Å². The second-order valence-corrected chi connectivity index (χ2v) is 6.66. The lowest BCUT2D eigenvalue weighted by molar-refractivity contribution is -0.127. The zero-order valence-electron chi connectivity index (χ0n) is 14.0. The van der Waals surface area contributed by atoms with Gasteiger partial charge in [0.2, 0.25) is 0 Å². The minimum Gasteiger partial charge on any atom is -0.481 e. The number of aryl methyl sites for hydroxylation is 1. The zero-order chi connectivity index (χ0) is 16.2. The van der Waals surface area contributed by atoms with Crippen molar-refractivity contribution in [1.29, 1.82) is 0 Å². The Morgan fingerprint density at radius 1 is 1.33 bits per heavy atom. The summed E-state index contributed by atoms with van der Waals surface area (Å²) in [6, 6.07) is 6.10. The lowest BCUT2D eigenvalue weighted by Gasteiger charge is -2.22. The van der Waals surface area contributed by atoms with E-state index >= 15 is 0 Å². The first kappa shape index (κ1) is 17.5. The van der Waals surface area contributed by atoms with Crippen molar-refractivity contribution in [3.63, 3.8) is 0 Å². The van der Waals surface area contributed by atoms with Gasteiger partial charge in [0.05, 0.1) is 0 Å². The molecule has 0 aromatic heterocycles. The predicted molar refractivity (Wildman–Crippen MR) is 86.6 cm³/mol. The topological polar surface area (TPSA) is 64.3 Å². The van der Waals surface area contributed by atoms with Crippen LogP contribution < -0.4 is 15.8 Å². The summed E-state index contributed by atoms with van der Waals surface area (Å²) >= 11 is 0. The van der Waals surface area contributed by atoms with Gasteiger partial charge in [0.25, 0.3) is 5.91 Å². The molecule has 4 nitrogen and oxygen atoms in total. The fourth-order valence-corrected chi connectivity index (χ4v) is 1.92. The average Bonchev–Trinajstić information content (AvgIpc) is 2.34. The van der Waals surface area contributed by atoms with E-state index in [-0.39, 0.29) is 5.91 Å². The highest BCUT2D eigenvalue weighted by Crippen LogP contribution is 2.28. The third-order valence-corrected chi connectivity index (χ3v) is 3.18. The number of benzene rings is 1. The maximum absolute atomic E-state index is 12.1. The van der Waals surface area contributed by atoms with Gasteiger partial charge in [0, 0.05) is 12.1 Å². The second kappa shape index (κ2) is 6.94. The summed E-state index contributed by atoms with van der Waals surface area (Å²) in [7, 11) is 0. The van der Waals surface area contributed by atoms with Crippen LogP contribution in [0.15, 0.2) is 18.2 Å². The standard InChI is InChI=1S/C17H28N2O2/c1-11(2)14-8-7-12(3)9-15(14)21-13(4)16(20)19-10-17(5,6)18/h7-9,11,13H,10,18H2,1-6H3,(H,19,20). The minimum absolute atomic E-state index is 0.148. The van der Waals surface area contributed by atoms with E-state index in [1.807, 2.05) is 26.8 Å². The molecule has 0 aliphatic heterocycles. The first-order valence-corrected chi connectivity index (χ1v) is 7.44. The summed E-state index contributed by atoms with van der Waals surface area (Å²) in [4.78, 5) is 12.1. The summed E-state index contributed by atoms with van der Waals surface area (Å²) in [5.41, 5.74) is 7.66. The van der Waals surface area contributed by atoms with E-state index < -0.39 is 11.6 Å². The zero-order valence-corrected chi connectivity index (χ0v) is 14.0. The quantitative estimate of drug-likeness (QED) is 0.847. The monoisotopic (exact) mass is 292 g/mol. The Hall–Kier alpha value is -1.55. The number of nitrogens with two attached hydrogens (primary N) is 1. The van der Waals surface area contributed by atoms with E-state index in [1.54, 1.807) is 6.92 Å². The van der Waals surface area contributed by atoms with Gasteiger partial charge in [-0.1, -0.05) is 26.0 Å². The molecule has 0 heterocycles. The van der Waals surface area contributed by atoms with Gasteiger partial charge in [-0.05, 0) is 50.8 Å². The van der Waals surface area contributed by atoms with Gasteiger partial charge < -0.3 is 15.8 Å². The molecule has 0 aliphatic rings. The Balaban J connectivity index is 2.76. The Labute approximate surface area is 128 Å². The van der Waals surface area contributed by atoms with Crippen LogP contribution in [0.2, 0.25) is 0 Å². The van der Waals surface area contributed by atoms with E-state index in [1.165, 1.54) is 0 Å². The van der Waals surface area contributed by atoms with Gasteiger partial charge in [-0.3, -0.25) is 4.79 Å². The molecule has 0 aliphatic carbocycles. The number of ether oxygens (including phenoxy) is 1. The SMILES string of the molecule is Cc1ccc(C(C)C)c(OC(C)C(=O)NCC(C)(C)N)c1. The minimum atomic E-state index is -0.549. The van der Waals surface area contributed by atoms with Crippen molar-refractivity contribution in [2.24, 2.45) is 5.73 Å². The van der Waals surface area contributed by atoms with E-state index in [2.05, 4.69) is 31.3 Å². The number of hydrogen-bond donors (Lipinski definition) is 2. The molecule has 118 valence electrons. The summed E-state index contributed by atoms with van der Waals surface area (Å²) in [6.07, 6.45) is -0.549. The van der Waals surface area contributed by atoms with Crippen LogP contribution in [0.25, 0.3) is 0 Å². The van der Waals surface area contributed by atoms with Crippen molar-refractivity contribution in [2.75, 3.05) is 6.54 Å². The first-order valence-electron chi connectivity index (χ1n) is 7.44. The number of hydrogen-bond acceptors (Lipinski definition) is 3. The molecule has 0 saturated heterocycles. The number of amides is 1. The van der Waals surface area contributed by atoms with E-state index in [9.17, 15) is 4.79 Å². The smallest absolute Gasteiger partial charge is 0.260 e. The fraction of sp³-hybridized carbons (Fsp3) is 0.588. The number of carbonyl (C=O) groups excluding carboxylic acids is 1. The fourth-order valence-electron chi connectivity index (χ4n) is 1.92. The number of rotatable bonds is 6. The summed E-state index contributed by atoms with van der Waals surface area (Å²) in [5.74, 6) is 0.975. The van der Waals surface area contributed by atoms with Gasteiger partial charge in [-0.15, -0.1) is 0 Å². The molecule has 21 heavy (non-hydrogen) atoms. The molecule has 1 aromatic carbocycles. The van der Waals surface area contributed by atoms with Crippen LogP contribution in [0.4, 0.5) is 0 Å². The Morgan fingerprint density at radius 3 is 2.48 bits per heavy atom. The van der Waals surface area contributed by atoms with Crippen LogP contribution in [-0.4, -0.2) is 24.1 Å². The average molecular weight is 292 g/mol. The van der Waals surface area contributed by atoms with Crippen LogP contribution in [0.1, 0.15) is 51.7 Å². The van der Waals surface area contributed by atoms with E-state index in [0.29, 0.717) is 12.5 Å². The highest BCUT2D eigenvalue weighted by atomic mass is 16.5. The van der Waals surface area contributed by atoms with Crippen molar-refractivity contribution in [3.8, 4) is 5.75 Å². The number of nitrogens with one attached hydrogen (secondary N) is 1. The Kier molecular flexibility index (Phi) is 5.78. The van der Waals surface area contributed by atoms with Crippen LogP contribution in [0, 0.1) is 6.92 Å². The molecule has 1 amide bonds. The molecule has 1 atom stereocenters. The molecule has 0 radical (unpaired) electrons. The van der Waals surface area contributed by atoms with E-state index in [0.717, 1.165) is 16.9 Å². The molecule has 1 rings (SSSR count). The third kappa shape index (κ3) is 5.76. The number of carbonyl (C=O) groups is 1. The summed E-state index contributed by atoms with van der Waals surface area (Å²) in [5, 5.41) is 2.82. The summed E-state index contributed by atoms with van der Waals surface area (Å²) in [6.45, 7) is 12.2. The maximum atomic E-state index is 12.1. The molecule has 0 saturated carbocycles. The van der Waals surface area contributed by atoms with Gasteiger partial charge in [-0.2, -0.15) is 0 Å². The molecule has 0 bridgehead atoms. The first-order chi connectivity index (χ1) is 9.60. The molecule has 3 N–H and O–H groups in total. The van der Waals surface area contributed by atoms with Crippen molar-refractivity contribution in [3.05, 3.63) is 29.3 Å². The van der Waals surface area contributed by atoms with Crippen LogP contribution in [-0.2, 0) is 4.79 Å². The Bertz CT molecular complexity index is 490. The predicted octanol–water partition coefficient (Wildman–Crippen LogP) is 2.74. The molecule has 0 spiro atoms. The van der Waals surface area contributed by atoms with Gasteiger partial charge in [-0.25, -0.2) is 0 Å². The van der Waals surface area contributed by atoms with E-state index in [4.69, 9.17) is 10.5 Å². The summed E-state index contributed by atoms with van der Waals surface area (Å²) < 4.78 is 5.86.